The molecule has 102 valence electrons. The van der Waals surface area contributed by atoms with Crippen LogP contribution in [0.1, 0.15) is 10.4 Å². The molecule has 20 heavy (non-hydrogen) atoms. The van der Waals surface area contributed by atoms with Crippen molar-refractivity contribution in [3.05, 3.63) is 60.2 Å². The maximum Gasteiger partial charge on any atom is 0.255 e. The van der Waals surface area contributed by atoms with Gasteiger partial charge in [-0.3, -0.25) is 4.79 Å². The van der Waals surface area contributed by atoms with Gasteiger partial charge < -0.3 is 15.8 Å². The van der Waals surface area contributed by atoms with Gasteiger partial charge in [-0.2, -0.15) is 0 Å². The Morgan fingerprint density at radius 1 is 1.10 bits per heavy atom. The van der Waals surface area contributed by atoms with Gasteiger partial charge in [0, 0.05) is 11.3 Å². The molecule has 2 rings (SSSR count). The molecule has 4 nitrogen and oxygen atoms in total. The Morgan fingerprint density at radius 3 is 2.35 bits per heavy atom. The number of benzene rings is 2. The molecule has 0 spiro atoms. The predicted octanol–water partition coefficient (Wildman–Crippen LogP) is 2.60. The summed E-state index contributed by atoms with van der Waals surface area (Å²) < 4.78 is 5.33. The summed E-state index contributed by atoms with van der Waals surface area (Å²) in [5.74, 6) is 0.498. The van der Waals surface area contributed by atoms with Crippen molar-refractivity contribution in [1.82, 2.24) is 0 Å². The van der Waals surface area contributed by atoms with Crippen LogP contribution in [0.2, 0.25) is 0 Å². The van der Waals surface area contributed by atoms with E-state index >= 15 is 0 Å². The molecule has 0 fully saturated rings. The van der Waals surface area contributed by atoms with Crippen molar-refractivity contribution in [1.29, 1.82) is 0 Å². The standard InChI is InChI=1S/C15H14N2O2S/c16-14(20)10-19-13-8-6-12(7-9-13)17-15(18)11-4-2-1-3-5-11/h1-9H,10H2,(H2,16,20)(H,17,18). The molecule has 0 heterocycles. The average Bonchev–Trinajstić information content (AvgIpc) is 2.47. The van der Waals surface area contributed by atoms with E-state index in [-0.39, 0.29) is 12.5 Å². The van der Waals surface area contributed by atoms with Gasteiger partial charge >= 0.3 is 0 Å². The SMILES string of the molecule is NC(=S)COc1ccc(NC(=O)c2ccccc2)cc1. The Kier molecular flexibility index (Phi) is 4.68. The fourth-order valence-corrected chi connectivity index (χ4v) is 1.64. The van der Waals surface area contributed by atoms with Crippen molar-refractivity contribution in [2.24, 2.45) is 5.73 Å². The molecule has 2 aromatic rings. The topological polar surface area (TPSA) is 64.3 Å². The van der Waals surface area contributed by atoms with Crippen LogP contribution in [0.25, 0.3) is 0 Å². The minimum Gasteiger partial charge on any atom is -0.487 e. The van der Waals surface area contributed by atoms with Crippen molar-refractivity contribution in [3.63, 3.8) is 0 Å². The normalized spacial score (nSPS) is 9.80. The first kappa shape index (κ1) is 14.0. The summed E-state index contributed by atoms with van der Waals surface area (Å²) in [7, 11) is 0. The van der Waals surface area contributed by atoms with Crippen LogP contribution in [-0.2, 0) is 0 Å². The summed E-state index contributed by atoms with van der Waals surface area (Å²) >= 11 is 4.73. The molecule has 1 amide bonds. The van der Waals surface area contributed by atoms with E-state index in [0.29, 0.717) is 22.0 Å². The second-order valence-corrected chi connectivity index (χ2v) is 4.62. The van der Waals surface area contributed by atoms with Crippen LogP contribution in [0.5, 0.6) is 5.75 Å². The molecule has 0 aliphatic carbocycles. The number of nitrogens with two attached hydrogens (primary N) is 1. The Bertz CT molecular complexity index is 597. The van der Waals surface area contributed by atoms with Gasteiger partial charge in [0.15, 0.2) is 0 Å². The number of hydrogen-bond acceptors (Lipinski definition) is 3. The molecule has 0 radical (unpaired) electrons. The van der Waals surface area contributed by atoms with Gasteiger partial charge in [-0.05, 0) is 36.4 Å². The number of carbonyl (C=O) groups is 1. The average molecular weight is 286 g/mol. The molecule has 0 bridgehead atoms. The highest BCUT2D eigenvalue weighted by Gasteiger charge is 2.05. The van der Waals surface area contributed by atoms with Crippen molar-refractivity contribution in [3.8, 4) is 5.75 Å². The van der Waals surface area contributed by atoms with E-state index in [2.05, 4.69) is 5.32 Å². The fourth-order valence-electron chi connectivity index (χ4n) is 1.58. The maximum absolute atomic E-state index is 11.9. The van der Waals surface area contributed by atoms with Gasteiger partial charge in [0.25, 0.3) is 5.91 Å². The maximum atomic E-state index is 11.9. The number of amides is 1. The molecular weight excluding hydrogens is 272 g/mol. The zero-order valence-corrected chi connectivity index (χ0v) is 11.5. The predicted molar refractivity (Wildman–Crippen MR) is 83.1 cm³/mol. The fraction of sp³-hybridized carbons (Fsp3) is 0.0667. The second kappa shape index (κ2) is 6.68. The van der Waals surface area contributed by atoms with Crippen LogP contribution in [-0.4, -0.2) is 17.5 Å². The van der Waals surface area contributed by atoms with Gasteiger partial charge in [-0.25, -0.2) is 0 Å². The summed E-state index contributed by atoms with van der Waals surface area (Å²) in [6, 6.07) is 16.0. The number of anilines is 1. The van der Waals surface area contributed by atoms with Crippen LogP contribution in [0.4, 0.5) is 5.69 Å². The van der Waals surface area contributed by atoms with Crippen LogP contribution in [0, 0.1) is 0 Å². The molecule has 0 aromatic heterocycles. The van der Waals surface area contributed by atoms with Crippen molar-refractivity contribution < 1.29 is 9.53 Å². The summed E-state index contributed by atoms with van der Waals surface area (Å²) in [6.07, 6.45) is 0. The molecular formula is C15H14N2O2S. The third-order valence-electron chi connectivity index (χ3n) is 2.53. The number of ether oxygens (including phenoxy) is 1. The van der Waals surface area contributed by atoms with Crippen molar-refractivity contribution >= 4 is 28.8 Å². The van der Waals surface area contributed by atoms with Gasteiger partial charge in [-0.15, -0.1) is 0 Å². The number of hydrogen-bond donors (Lipinski definition) is 2. The minimum absolute atomic E-state index is 0.151. The number of rotatable bonds is 5. The third kappa shape index (κ3) is 4.07. The Hall–Kier alpha value is -2.40. The summed E-state index contributed by atoms with van der Waals surface area (Å²) in [5.41, 5.74) is 6.66. The van der Waals surface area contributed by atoms with Gasteiger partial charge in [0.2, 0.25) is 0 Å². The van der Waals surface area contributed by atoms with E-state index in [4.69, 9.17) is 22.7 Å². The van der Waals surface area contributed by atoms with Gasteiger partial charge in [0.05, 0.1) is 0 Å². The Labute approximate surface area is 122 Å². The first-order valence-electron chi connectivity index (χ1n) is 6.03. The van der Waals surface area contributed by atoms with Crippen LogP contribution in [0.15, 0.2) is 54.6 Å². The van der Waals surface area contributed by atoms with Crippen LogP contribution in [0.3, 0.4) is 0 Å². The first-order chi connectivity index (χ1) is 9.65. The molecule has 0 unspecified atom stereocenters. The smallest absolute Gasteiger partial charge is 0.255 e. The Balaban J connectivity index is 1.97. The lowest BCUT2D eigenvalue weighted by Gasteiger charge is -2.07. The zero-order valence-electron chi connectivity index (χ0n) is 10.7. The lowest BCUT2D eigenvalue weighted by atomic mass is 10.2. The molecule has 2 aromatic carbocycles. The van der Waals surface area contributed by atoms with E-state index < -0.39 is 0 Å². The van der Waals surface area contributed by atoms with E-state index in [9.17, 15) is 4.79 Å². The van der Waals surface area contributed by atoms with Crippen molar-refractivity contribution in [2.75, 3.05) is 11.9 Å². The second-order valence-electron chi connectivity index (χ2n) is 4.10. The molecule has 0 atom stereocenters. The highest BCUT2D eigenvalue weighted by Crippen LogP contribution is 2.16. The zero-order chi connectivity index (χ0) is 14.4. The van der Waals surface area contributed by atoms with Crippen molar-refractivity contribution in [2.45, 2.75) is 0 Å². The van der Waals surface area contributed by atoms with Crippen LogP contribution >= 0.6 is 12.2 Å². The largest absolute Gasteiger partial charge is 0.487 e. The summed E-state index contributed by atoms with van der Waals surface area (Å²) in [4.78, 5) is 12.2. The lowest BCUT2D eigenvalue weighted by molar-refractivity contribution is 0.102. The molecule has 5 heteroatoms. The van der Waals surface area contributed by atoms with E-state index in [1.807, 2.05) is 18.2 Å². The van der Waals surface area contributed by atoms with E-state index in [1.54, 1.807) is 36.4 Å². The quantitative estimate of drug-likeness (QED) is 0.829. The van der Waals surface area contributed by atoms with E-state index in [1.165, 1.54) is 0 Å². The van der Waals surface area contributed by atoms with Gasteiger partial charge in [-0.1, -0.05) is 30.4 Å². The molecule has 3 N–H and O–H groups in total. The minimum atomic E-state index is -0.151. The van der Waals surface area contributed by atoms with E-state index in [0.717, 1.165) is 0 Å². The monoisotopic (exact) mass is 286 g/mol. The highest BCUT2D eigenvalue weighted by molar-refractivity contribution is 7.80. The third-order valence-corrected chi connectivity index (χ3v) is 2.65. The summed E-state index contributed by atoms with van der Waals surface area (Å²) in [6.45, 7) is 0.199. The lowest BCUT2D eigenvalue weighted by Crippen LogP contribution is -2.17. The number of thiocarbonyl (C=S) groups is 1. The first-order valence-corrected chi connectivity index (χ1v) is 6.43. The molecule has 0 aliphatic heterocycles. The molecule has 0 aliphatic rings. The Morgan fingerprint density at radius 2 is 1.75 bits per heavy atom. The summed E-state index contributed by atoms with van der Waals surface area (Å²) in [5, 5.41) is 2.81. The molecule has 0 saturated heterocycles. The number of nitrogens with one attached hydrogen (secondary N) is 1. The number of carbonyl (C=O) groups excluding carboxylic acids is 1. The van der Waals surface area contributed by atoms with Gasteiger partial charge in [0.1, 0.15) is 17.3 Å². The van der Waals surface area contributed by atoms with Crippen LogP contribution < -0.4 is 15.8 Å². The highest BCUT2D eigenvalue weighted by atomic mass is 32.1. The molecule has 0 saturated carbocycles.